The first-order chi connectivity index (χ1) is 10.2. The van der Waals surface area contributed by atoms with Crippen molar-refractivity contribution in [1.29, 1.82) is 0 Å². The molecule has 1 unspecified atom stereocenters. The van der Waals surface area contributed by atoms with E-state index in [2.05, 4.69) is 0 Å². The fourth-order valence-electron chi connectivity index (χ4n) is 2.39. The molecule has 1 atom stereocenters. The van der Waals surface area contributed by atoms with Crippen LogP contribution in [0.2, 0.25) is 0 Å². The Balaban J connectivity index is 2.45. The molecule has 0 amide bonds. The Labute approximate surface area is 129 Å². The van der Waals surface area contributed by atoms with Crippen molar-refractivity contribution in [2.75, 3.05) is 33.2 Å². The second-order valence-corrected chi connectivity index (χ2v) is 5.52. The van der Waals surface area contributed by atoms with Gasteiger partial charge < -0.3 is 0 Å². The Bertz CT molecular complexity index is 448. The lowest BCUT2D eigenvalue weighted by Gasteiger charge is -2.27. The van der Waals surface area contributed by atoms with E-state index in [-0.39, 0.29) is 11.9 Å². The van der Waals surface area contributed by atoms with Gasteiger partial charge in [-0.05, 0) is 46.1 Å². The zero-order valence-electron chi connectivity index (χ0n) is 13.3. The summed E-state index contributed by atoms with van der Waals surface area (Å²) in [5.74, 6) is -0.255. The zero-order chi connectivity index (χ0) is 16.8. The van der Waals surface area contributed by atoms with Gasteiger partial charge in [0.05, 0.1) is 6.54 Å². The fraction of sp³-hybridized carbons (Fsp3) is 0.625. The van der Waals surface area contributed by atoms with Crippen molar-refractivity contribution >= 4 is 0 Å². The topological polar surface area (TPSA) is 6.48 Å². The average molecular weight is 320 g/mol. The van der Waals surface area contributed by atoms with E-state index in [0.717, 1.165) is 0 Å². The Morgan fingerprint density at radius 1 is 1.14 bits per heavy atom. The van der Waals surface area contributed by atoms with Crippen LogP contribution in [-0.4, -0.2) is 49.2 Å². The van der Waals surface area contributed by atoms with Crippen molar-refractivity contribution in [1.82, 2.24) is 9.80 Å². The standard InChI is InChI=1S/C16H24F4N2/c1-4-22(12-16(18,19)20)11-7-10-21(3)13(2)14-8-5-6-9-15(14)17/h5-6,8-9,13H,4,7,10-12H2,1-3H3. The van der Waals surface area contributed by atoms with Gasteiger partial charge in [0, 0.05) is 11.6 Å². The first kappa shape index (κ1) is 18.9. The number of benzene rings is 1. The smallest absolute Gasteiger partial charge is 0.299 e. The van der Waals surface area contributed by atoms with Crippen molar-refractivity contribution in [3.05, 3.63) is 35.6 Å². The molecule has 1 rings (SSSR count). The molecule has 0 radical (unpaired) electrons. The van der Waals surface area contributed by atoms with Crippen molar-refractivity contribution in [2.24, 2.45) is 0 Å². The lowest BCUT2D eigenvalue weighted by molar-refractivity contribution is -0.145. The minimum absolute atomic E-state index is 0.112. The molecule has 1 aromatic carbocycles. The van der Waals surface area contributed by atoms with Crippen LogP contribution in [0.5, 0.6) is 0 Å². The minimum atomic E-state index is -4.16. The van der Waals surface area contributed by atoms with Crippen LogP contribution in [0.25, 0.3) is 0 Å². The summed E-state index contributed by atoms with van der Waals surface area (Å²) >= 11 is 0. The largest absolute Gasteiger partial charge is 0.401 e. The molecule has 126 valence electrons. The zero-order valence-corrected chi connectivity index (χ0v) is 13.3. The van der Waals surface area contributed by atoms with E-state index in [1.807, 2.05) is 18.9 Å². The van der Waals surface area contributed by atoms with Crippen LogP contribution < -0.4 is 0 Å². The second-order valence-electron chi connectivity index (χ2n) is 5.52. The van der Waals surface area contributed by atoms with E-state index in [1.54, 1.807) is 25.1 Å². The number of hydrogen-bond acceptors (Lipinski definition) is 2. The lowest BCUT2D eigenvalue weighted by Crippen LogP contribution is -2.36. The number of halogens is 4. The van der Waals surface area contributed by atoms with Gasteiger partial charge in [-0.1, -0.05) is 25.1 Å². The molecule has 0 N–H and O–H groups in total. The molecule has 0 saturated carbocycles. The number of alkyl halides is 3. The first-order valence-corrected chi connectivity index (χ1v) is 7.48. The van der Waals surface area contributed by atoms with Gasteiger partial charge in [-0.25, -0.2) is 4.39 Å². The highest BCUT2D eigenvalue weighted by Crippen LogP contribution is 2.22. The van der Waals surface area contributed by atoms with Crippen molar-refractivity contribution in [3.8, 4) is 0 Å². The van der Waals surface area contributed by atoms with E-state index in [4.69, 9.17) is 0 Å². The quantitative estimate of drug-likeness (QED) is 0.666. The molecule has 0 spiro atoms. The molecule has 0 aliphatic rings. The van der Waals surface area contributed by atoms with Crippen molar-refractivity contribution in [2.45, 2.75) is 32.5 Å². The fourth-order valence-corrected chi connectivity index (χ4v) is 2.39. The second kappa shape index (κ2) is 8.48. The minimum Gasteiger partial charge on any atom is -0.299 e. The van der Waals surface area contributed by atoms with Crippen molar-refractivity contribution < 1.29 is 17.6 Å². The third kappa shape index (κ3) is 6.32. The highest BCUT2D eigenvalue weighted by molar-refractivity contribution is 5.20. The molecule has 0 fully saturated rings. The van der Waals surface area contributed by atoms with Gasteiger partial charge in [0.2, 0.25) is 0 Å². The third-order valence-electron chi connectivity index (χ3n) is 3.85. The molecule has 0 aliphatic heterocycles. The van der Waals surface area contributed by atoms with E-state index in [0.29, 0.717) is 31.6 Å². The molecular weight excluding hydrogens is 296 g/mol. The van der Waals surface area contributed by atoms with Gasteiger partial charge >= 0.3 is 6.18 Å². The molecule has 0 heterocycles. The molecule has 0 aromatic heterocycles. The normalized spacial score (nSPS) is 13.9. The number of hydrogen-bond donors (Lipinski definition) is 0. The van der Waals surface area contributed by atoms with Crippen LogP contribution in [0.3, 0.4) is 0 Å². The highest BCUT2D eigenvalue weighted by atomic mass is 19.4. The van der Waals surface area contributed by atoms with E-state index >= 15 is 0 Å². The highest BCUT2D eigenvalue weighted by Gasteiger charge is 2.29. The summed E-state index contributed by atoms with van der Waals surface area (Å²) in [6, 6.07) is 6.46. The Hall–Kier alpha value is -1.14. The summed E-state index contributed by atoms with van der Waals surface area (Å²) < 4.78 is 50.9. The molecule has 6 heteroatoms. The van der Waals surface area contributed by atoms with E-state index < -0.39 is 12.7 Å². The predicted octanol–water partition coefficient (Wildman–Crippen LogP) is 4.09. The van der Waals surface area contributed by atoms with E-state index in [1.165, 1.54) is 11.0 Å². The first-order valence-electron chi connectivity index (χ1n) is 7.48. The third-order valence-corrected chi connectivity index (χ3v) is 3.85. The van der Waals surface area contributed by atoms with Crippen molar-refractivity contribution in [3.63, 3.8) is 0 Å². The van der Waals surface area contributed by atoms with Crippen LogP contribution in [-0.2, 0) is 0 Å². The monoisotopic (exact) mass is 320 g/mol. The summed E-state index contributed by atoms with van der Waals surface area (Å²) in [4.78, 5) is 3.33. The maximum Gasteiger partial charge on any atom is 0.401 e. The molecule has 0 bridgehead atoms. The summed E-state index contributed by atoms with van der Waals surface area (Å²) in [6.45, 7) is 4.10. The van der Waals surface area contributed by atoms with Crippen LogP contribution in [0.15, 0.2) is 24.3 Å². The maximum absolute atomic E-state index is 13.7. The predicted molar refractivity (Wildman–Crippen MR) is 80.2 cm³/mol. The van der Waals surface area contributed by atoms with Gasteiger partial charge in [0.15, 0.2) is 0 Å². The average Bonchev–Trinajstić information content (AvgIpc) is 2.44. The molecule has 2 nitrogen and oxygen atoms in total. The summed E-state index contributed by atoms with van der Waals surface area (Å²) in [7, 11) is 1.86. The summed E-state index contributed by atoms with van der Waals surface area (Å²) in [5, 5.41) is 0. The Morgan fingerprint density at radius 2 is 1.77 bits per heavy atom. The van der Waals surface area contributed by atoms with Crippen LogP contribution in [0.1, 0.15) is 31.9 Å². The maximum atomic E-state index is 13.7. The molecule has 0 saturated heterocycles. The van der Waals surface area contributed by atoms with Crippen LogP contribution in [0.4, 0.5) is 17.6 Å². The lowest BCUT2D eigenvalue weighted by atomic mass is 10.1. The van der Waals surface area contributed by atoms with Crippen LogP contribution in [0, 0.1) is 5.82 Å². The molecular formula is C16H24F4N2. The van der Waals surface area contributed by atoms with Gasteiger partial charge in [-0.3, -0.25) is 9.80 Å². The SMILES string of the molecule is CCN(CCCN(C)C(C)c1ccccc1F)CC(F)(F)F. The molecule has 0 aliphatic carbocycles. The molecule has 1 aromatic rings. The summed E-state index contributed by atoms with van der Waals surface area (Å²) in [5.41, 5.74) is 0.604. The van der Waals surface area contributed by atoms with Gasteiger partial charge in [-0.2, -0.15) is 13.2 Å². The number of nitrogens with zero attached hydrogens (tertiary/aromatic N) is 2. The Morgan fingerprint density at radius 3 is 2.32 bits per heavy atom. The van der Waals surface area contributed by atoms with E-state index in [9.17, 15) is 17.6 Å². The Kier molecular flexibility index (Phi) is 7.29. The molecule has 22 heavy (non-hydrogen) atoms. The van der Waals surface area contributed by atoms with Gasteiger partial charge in [-0.15, -0.1) is 0 Å². The van der Waals surface area contributed by atoms with Gasteiger partial charge in [0.25, 0.3) is 0 Å². The van der Waals surface area contributed by atoms with Crippen LogP contribution >= 0.6 is 0 Å². The number of rotatable bonds is 8. The summed E-state index contributed by atoms with van der Waals surface area (Å²) in [6.07, 6.45) is -3.55. The van der Waals surface area contributed by atoms with Gasteiger partial charge in [0.1, 0.15) is 5.82 Å².